The molecule has 1 aromatic carbocycles. The number of carbonyl (C=O) groups excluding carboxylic acids is 1. The molecule has 0 spiro atoms. The number of nitrogens with one attached hydrogen (secondary N) is 2. The van der Waals surface area contributed by atoms with Crippen molar-refractivity contribution >= 4 is 27.4 Å². The number of ether oxygens (including phenoxy) is 1. The van der Waals surface area contributed by atoms with Gasteiger partial charge in [0, 0.05) is 32.2 Å². The quantitative estimate of drug-likeness (QED) is 0.685. The second-order valence-corrected chi connectivity index (χ2v) is 11.1. The number of sulfonamides is 1. The van der Waals surface area contributed by atoms with Gasteiger partial charge in [-0.1, -0.05) is 0 Å². The van der Waals surface area contributed by atoms with E-state index in [1.165, 1.54) is 17.0 Å². The zero-order valence-corrected chi connectivity index (χ0v) is 19.7. The third kappa shape index (κ3) is 5.68. The van der Waals surface area contributed by atoms with Gasteiger partial charge in [-0.05, 0) is 52.7 Å². The number of hydrogen-bond acceptors (Lipinski definition) is 5. The summed E-state index contributed by atoms with van der Waals surface area (Å²) < 4.78 is 61.8. The standard InChI is InChI=1S/C21H32F2N4O4S/c1-13(2)32(29,30)25-16-7-9-26(10-8-16)21(28)24-17-5-6-18(20(23)19(17)22)27-11-14(3)31-15(4)12-27/h5-6,13-16,25H,7-12H2,1-4H3,(H,24,28)/t14-,15+. The van der Waals surface area contributed by atoms with Crippen LogP contribution in [0, 0.1) is 11.6 Å². The molecule has 0 aliphatic carbocycles. The van der Waals surface area contributed by atoms with Crippen molar-refractivity contribution in [3.63, 3.8) is 0 Å². The number of nitrogens with zero attached hydrogens (tertiary/aromatic N) is 2. The van der Waals surface area contributed by atoms with Crippen LogP contribution in [0.5, 0.6) is 0 Å². The van der Waals surface area contributed by atoms with Crippen molar-refractivity contribution in [3.05, 3.63) is 23.8 Å². The number of hydrogen-bond donors (Lipinski definition) is 2. The van der Waals surface area contributed by atoms with E-state index in [9.17, 15) is 22.0 Å². The van der Waals surface area contributed by atoms with Gasteiger partial charge in [0.1, 0.15) is 0 Å². The van der Waals surface area contributed by atoms with E-state index in [0.29, 0.717) is 39.0 Å². The molecule has 2 aliphatic rings. The molecule has 2 heterocycles. The summed E-state index contributed by atoms with van der Waals surface area (Å²) in [7, 11) is -3.39. The van der Waals surface area contributed by atoms with Crippen LogP contribution in [0.1, 0.15) is 40.5 Å². The molecular formula is C21H32F2N4O4S. The summed E-state index contributed by atoms with van der Waals surface area (Å²) in [5.41, 5.74) is -0.0889. The molecule has 0 unspecified atom stereocenters. The molecule has 8 nitrogen and oxygen atoms in total. The van der Waals surface area contributed by atoms with E-state index in [1.54, 1.807) is 18.7 Å². The lowest BCUT2D eigenvalue weighted by Gasteiger charge is -2.37. The molecule has 3 rings (SSSR count). The number of anilines is 2. The number of amides is 2. The fourth-order valence-corrected chi connectivity index (χ4v) is 4.99. The highest BCUT2D eigenvalue weighted by atomic mass is 32.2. The summed E-state index contributed by atoms with van der Waals surface area (Å²) in [4.78, 5) is 15.8. The molecule has 2 amide bonds. The van der Waals surface area contributed by atoms with E-state index in [4.69, 9.17) is 4.74 Å². The van der Waals surface area contributed by atoms with Gasteiger partial charge in [0.2, 0.25) is 10.0 Å². The highest BCUT2D eigenvalue weighted by Gasteiger charge is 2.29. The predicted molar refractivity (Wildman–Crippen MR) is 119 cm³/mol. The zero-order valence-electron chi connectivity index (χ0n) is 18.9. The van der Waals surface area contributed by atoms with Crippen molar-refractivity contribution in [1.29, 1.82) is 0 Å². The number of rotatable bonds is 5. The third-order valence-corrected chi connectivity index (χ3v) is 7.70. The SMILES string of the molecule is CC(C)S(=O)(=O)NC1CCN(C(=O)Nc2ccc(N3C[C@@H](C)O[C@@H](C)C3)c(F)c2F)CC1. The van der Waals surface area contributed by atoms with Gasteiger partial charge < -0.3 is 19.9 Å². The van der Waals surface area contributed by atoms with Crippen molar-refractivity contribution < 1.29 is 26.7 Å². The minimum absolute atomic E-state index is 0.103. The lowest BCUT2D eigenvalue weighted by molar-refractivity contribution is -0.00542. The van der Waals surface area contributed by atoms with Crippen LogP contribution in [-0.4, -0.2) is 69.0 Å². The third-order valence-electron chi connectivity index (χ3n) is 5.80. The summed E-state index contributed by atoms with van der Waals surface area (Å²) in [6, 6.07) is 2.03. The first-order chi connectivity index (χ1) is 15.0. The normalized spacial score (nSPS) is 23.0. The molecular weight excluding hydrogens is 442 g/mol. The van der Waals surface area contributed by atoms with E-state index < -0.39 is 32.9 Å². The predicted octanol–water partition coefficient (Wildman–Crippen LogP) is 2.90. The highest BCUT2D eigenvalue weighted by molar-refractivity contribution is 7.90. The maximum atomic E-state index is 14.8. The second kappa shape index (κ2) is 9.88. The highest BCUT2D eigenvalue weighted by Crippen LogP contribution is 2.29. The topological polar surface area (TPSA) is 91.0 Å². The largest absolute Gasteiger partial charge is 0.372 e. The number of likely N-dealkylation sites (tertiary alicyclic amines) is 1. The fourth-order valence-electron chi connectivity index (χ4n) is 4.02. The first-order valence-corrected chi connectivity index (χ1v) is 12.5. The molecule has 0 bridgehead atoms. The van der Waals surface area contributed by atoms with Gasteiger partial charge in [-0.15, -0.1) is 0 Å². The molecule has 0 radical (unpaired) electrons. The van der Waals surface area contributed by atoms with Crippen molar-refractivity contribution in [3.8, 4) is 0 Å². The van der Waals surface area contributed by atoms with Gasteiger partial charge in [0.15, 0.2) is 11.6 Å². The number of halogens is 2. The molecule has 2 fully saturated rings. The summed E-state index contributed by atoms with van der Waals surface area (Å²) >= 11 is 0. The van der Waals surface area contributed by atoms with Gasteiger partial charge in [-0.25, -0.2) is 26.7 Å². The van der Waals surface area contributed by atoms with Gasteiger partial charge in [-0.2, -0.15) is 0 Å². The number of urea groups is 1. The van der Waals surface area contributed by atoms with Crippen LogP contribution in [-0.2, 0) is 14.8 Å². The lowest BCUT2D eigenvalue weighted by atomic mass is 10.1. The molecule has 0 aromatic heterocycles. The van der Waals surface area contributed by atoms with E-state index in [-0.39, 0.29) is 29.6 Å². The van der Waals surface area contributed by atoms with Crippen LogP contribution in [0.4, 0.5) is 25.0 Å². The Morgan fingerprint density at radius 2 is 1.69 bits per heavy atom. The summed E-state index contributed by atoms with van der Waals surface area (Å²) in [6.45, 7) is 8.47. The average Bonchev–Trinajstić information content (AvgIpc) is 2.71. The molecule has 2 N–H and O–H groups in total. The Bertz CT molecular complexity index is 926. The van der Waals surface area contributed by atoms with Crippen LogP contribution in [0.2, 0.25) is 0 Å². The second-order valence-electron chi connectivity index (χ2n) is 8.83. The Labute approximate surface area is 188 Å². The summed E-state index contributed by atoms with van der Waals surface area (Å²) in [5.74, 6) is -2.12. The van der Waals surface area contributed by atoms with Gasteiger partial charge >= 0.3 is 6.03 Å². The number of piperidine rings is 1. The van der Waals surface area contributed by atoms with Crippen LogP contribution >= 0.6 is 0 Å². The Morgan fingerprint density at radius 1 is 1.09 bits per heavy atom. The maximum Gasteiger partial charge on any atom is 0.321 e. The summed E-state index contributed by atoms with van der Waals surface area (Å²) in [5, 5.41) is 1.91. The summed E-state index contributed by atoms with van der Waals surface area (Å²) in [6.07, 6.45) is 0.688. The number of morpholine rings is 1. The van der Waals surface area contributed by atoms with E-state index in [2.05, 4.69) is 10.0 Å². The molecule has 32 heavy (non-hydrogen) atoms. The molecule has 1 aromatic rings. The van der Waals surface area contributed by atoms with Crippen molar-refractivity contribution in [2.75, 3.05) is 36.4 Å². The van der Waals surface area contributed by atoms with Crippen LogP contribution in [0.3, 0.4) is 0 Å². The van der Waals surface area contributed by atoms with Crippen molar-refractivity contribution in [2.45, 2.75) is 64.0 Å². The monoisotopic (exact) mass is 474 g/mol. The molecule has 0 saturated carbocycles. The maximum absolute atomic E-state index is 14.8. The lowest BCUT2D eigenvalue weighted by Crippen LogP contribution is -2.48. The molecule has 180 valence electrons. The zero-order chi connectivity index (χ0) is 23.6. The van der Waals surface area contributed by atoms with E-state index in [0.717, 1.165) is 0 Å². The Kier molecular flexibility index (Phi) is 7.61. The van der Waals surface area contributed by atoms with Gasteiger partial charge in [0.05, 0.1) is 28.8 Å². The Hall–Kier alpha value is -1.98. The number of benzene rings is 1. The van der Waals surface area contributed by atoms with Crippen LogP contribution in [0.15, 0.2) is 12.1 Å². The minimum Gasteiger partial charge on any atom is -0.372 e. The fraction of sp³-hybridized carbons (Fsp3) is 0.667. The smallest absolute Gasteiger partial charge is 0.321 e. The van der Waals surface area contributed by atoms with Crippen molar-refractivity contribution in [1.82, 2.24) is 9.62 Å². The van der Waals surface area contributed by atoms with E-state index in [1.807, 2.05) is 13.8 Å². The van der Waals surface area contributed by atoms with E-state index >= 15 is 0 Å². The first kappa shape index (κ1) is 24.7. The molecule has 11 heteroatoms. The van der Waals surface area contributed by atoms with Crippen molar-refractivity contribution in [2.24, 2.45) is 0 Å². The average molecular weight is 475 g/mol. The molecule has 2 aliphatic heterocycles. The molecule has 2 atom stereocenters. The molecule has 2 saturated heterocycles. The van der Waals surface area contributed by atoms with Crippen LogP contribution < -0.4 is 14.9 Å². The number of carbonyl (C=O) groups is 1. The van der Waals surface area contributed by atoms with Gasteiger partial charge in [0.25, 0.3) is 0 Å². The van der Waals surface area contributed by atoms with Gasteiger partial charge in [-0.3, -0.25) is 0 Å². The van der Waals surface area contributed by atoms with Crippen LogP contribution in [0.25, 0.3) is 0 Å². The first-order valence-electron chi connectivity index (χ1n) is 10.9. The Morgan fingerprint density at radius 3 is 2.25 bits per heavy atom. The minimum atomic E-state index is -3.39. The Balaban J connectivity index is 1.61.